The summed E-state index contributed by atoms with van der Waals surface area (Å²) in [5.41, 5.74) is -1.72. The summed E-state index contributed by atoms with van der Waals surface area (Å²) < 4.78 is 80.1. The molecule has 1 aliphatic heterocycles. The van der Waals surface area contributed by atoms with E-state index in [0.717, 1.165) is 43.9 Å². The summed E-state index contributed by atoms with van der Waals surface area (Å²) in [6.07, 6.45) is -3.16. The average Bonchev–Trinajstić information content (AvgIpc) is 2.86. The Hall–Kier alpha value is -1.48. The van der Waals surface area contributed by atoms with Crippen LogP contribution in [0.1, 0.15) is 66.8 Å². The Morgan fingerprint density at radius 1 is 0.757 bits per heavy atom. The molecule has 0 amide bonds. The SMILES string of the molecule is FC(F)(F)c1cc(CCC(c2ccc(Cl)c(Cl)c2)N2CCN(C3CCCCC3)CC2)cc(C(F)(F)F)c1. The summed E-state index contributed by atoms with van der Waals surface area (Å²) in [4.78, 5) is 4.78. The van der Waals surface area contributed by atoms with Crippen LogP contribution in [0.2, 0.25) is 10.0 Å². The van der Waals surface area contributed by atoms with Gasteiger partial charge < -0.3 is 0 Å². The van der Waals surface area contributed by atoms with Gasteiger partial charge in [0.2, 0.25) is 0 Å². The van der Waals surface area contributed by atoms with Crippen molar-refractivity contribution in [1.82, 2.24) is 9.80 Å². The highest BCUT2D eigenvalue weighted by Crippen LogP contribution is 2.38. The van der Waals surface area contributed by atoms with Gasteiger partial charge in [-0.25, -0.2) is 0 Å². The molecule has 0 aromatic heterocycles. The minimum atomic E-state index is -4.87. The van der Waals surface area contributed by atoms with Crippen molar-refractivity contribution in [2.45, 2.75) is 69.4 Å². The number of hydrogen-bond acceptors (Lipinski definition) is 2. The lowest BCUT2D eigenvalue weighted by Crippen LogP contribution is -2.51. The van der Waals surface area contributed by atoms with E-state index in [9.17, 15) is 26.3 Å². The minimum absolute atomic E-state index is 0.00746. The Labute approximate surface area is 223 Å². The van der Waals surface area contributed by atoms with Crippen LogP contribution in [0.25, 0.3) is 0 Å². The zero-order valence-electron chi connectivity index (χ0n) is 20.3. The summed E-state index contributed by atoms with van der Waals surface area (Å²) in [5, 5.41) is 0.752. The average molecular weight is 567 g/mol. The van der Waals surface area contributed by atoms with Crippen molar-refractivity contribution in [2.24, 2.45) is 0 Å². The number of hydrogen-bond donors (Lipinski definition) is 0. The van der Waals surface area contributed by atoms with Crippen molar-refractivity contribution in [2.75, 3.05) is 26.2 Å². The molecule has 1 atom stereocenters. The predicted octanol–water partition coefficient (Wildman–Crippen LogP) is 8.66. The van der Waals surface area contributed by atoms with Crippen LogP contribution in [0.4, 0.5) is 26.3 Å². The molecule has 2 fully saturated rings. The number of nitrogens with zero attached hydrogens (tertiary/aromatic N) is 2. The van der Waals surface area contributed by atoms with Gasteiger partial charge in [-0.15, -0.1) is 0 Å². The van der Waals surface area contributed by atoms with E-state index in [2.05, 4.69) is 9.80 Å². The lowest BCUT2D eigenvalue weighted by molar-refractivity contribution is -0.143. The standard InChI is InChI=1S/C27H30Cl2F6N2/c28-23-8-7-19(16-24(23)29)25(37-12-10-36(11-13-37)22-4-2-1-3-5-22)9-6-18-14-20(26(30,31)32)17-21(15-18)27(33,34)35/h7-8,14-17,22,25H,1-6,9-13H2. The molecule has 1 unspecified atom stereocenters. The number of alkyl halides is 6. The molecule has 0 radical (unpaired) electrons. The van der Waals surface area contributed by atoms with Crippen molar-refractivity contribution in [3.8, 4) is 0 Å². The summed E-state index contributed by atoms with van der Waals surface area (Å²) in [6.45, 7) is 3.28. The molecular weight excluding hydrogens is 537 g/mol. The van der Waals surface area contributed by atoms with Crippen LogP contribution in [-0.2, 0) is 18.8 Å². The van der Waals surface area contributed by atoms with Crippen molar-refractivity contribution in [3.05, 3.63) is 68.7 Å². The van der Waals surface area contributed by atoms with E-state index in [0.29, 0.717) is 22.5 Å². The van der Waals surface area contributed by atoms with Crippen LogP contribution < -0.4 is 0 Å². The van der Waals surface area contributed by atoms with Crippen molar-refractivity contribution in [1.29, 1.82) is 0 Å². The van der Waals surface area contributed by atoms with E-state index < -0.39 is 23.5 Å². The first-order valence-electron chi connectivity index (χ1n) is 12.6. The van der Waals surface area contributed by atoms with Gasteiger partial charge in [0.05, 0.1) is 21.2 Å². The lowest BCUT2D eigenvalue weighted by atomic mass is 9.93. The normalized spacial score (nSPS) is 19.8. The number of aryl methyl sites for hydroxylation is 1. The summed E-state index contributed by atoms with van der Waals surface area (Å²) in [5.74, 6) is 0. The third-order valence-electron chi connectivity index (χ3n) is 7.56. The second-order valence-electron chi connectivity index (χ2n) is 10.0. The van der Waals surface area contributed by atoms with Gasteiger partial charge in [0, 0.05) is 38.3 Å². The van der Waals surface area contributed by atoms with E-state index in [4.69, 9.17) is 23.2 Å². The molecule has 2 nitrogen and oxygen atoms in total. The number of rotatable bonds is 6. The summed E-state index contributed by atoms with van der Waals surface area (Å²) >= 11 is 12.4. The van der Waals surface area contributed by atoms with Crippen LogP contribution in [0.15, 0.2) is 36.4 Å². The van der Waals surface area contributed by atoms with E-state index in [1.165, 1.54) is 32.1 Å². The second-order valence-corrected chi connectivity index (χ2v) is 10.8. The van der Waals surface area contributed by atoms with Gasteiger partial charge in [-0.2, -0.15) is 26.3 Å². The maximum atomic E-state index is 13.4. The highest BCUT2D eigenvalue weighted by Gasteiger charge is 2.37. The molecule has 2 aromatic rings. The monoisotopic (exact) mass is 566 g/mol. The molecule has 0 spiro atoms. The predicted molar refractivity (Wildman–Crippen MR) is 134 cm³/mol. The lowest BCUT2D eigenvalue weighted by Gasteiger charge is -2.43. The summed E-state index contributed by atoms with van der Waals surface area (Å²) in [6, 6.07) is 7.44. The van der Waals surface area contributed by atoms with E-state index in [1.54, 1.807) is 12.1 Å². The molecule has 0 N–H and O–H groups in total. The highest BCUT2D eigenvalue weighted by atomic mass is 35.5. The van der Waals surface area contributed by atoms with E-state index >= 15 is 0 Å². The third kappa shape index (κ3) is 7.34. The van der Waals surface area contributed by atoms with Crippen molar-refractivity contribution >= 4 is 23.2 Å². The molecule has 4 rings (SSSR count). The summed E-state index contributed by atoms with van der Waals surface area (Å²) in [7, 11) is 0. The van der Waals surface area contributed by atoms with Gasteiger partial charge in [0.15, 0.2) is 0 Å². The van der Waals surface area contributed by atoms with Gasteiger partial charge in [0.25, 0.3) is 0 Å². The highest BCUT2D eigenvalue weighted by molar-refractivity contribution is 6.42. The van der Waals surface area contributed by atoms with Crippen molar-refractivity contribution < 1.29 is 26.3 Å². The first-order chi connectivity index (χ1) is 17.4. The Balaban J connectivity index is 1.55. The topological polar surface area (TPSA) is 6.48 Å². The second kappa shape index (κ2) is 11.7. The quantitative estimate of drug-likeness (QED) is 0.323. The van der Waals surface area contributed by atoms with Crippen LogP contribution in [0.5, 0.6) is 0 Å². The number of benzene rings is 2. The molecule has 0 bridgehead atoms. The number of halogens is 8. The molecule has 1 aliphatic carbocycles. The van der Waals surface area contributed by atoms with Gasteiger partial charge in [-0.05, 0) is 67.1 Å². The van der Waals surface area contributed by atoms with Gasteiger partial charge in [0.1, 0.15) is 0 Å². The zero-order chi connectivity index (χ0) is 26.8. The van der Waals surface area contributed by atoms with Gasteiger partial charge in [-0.1, -0.05) is 48.5 Å². The molecule has 37 heavy (non-hydrogen) atoms. The molecule has 204 valence electrons. The maximum Gasteiger partial charge on any atom is 0.416 e. The Morgan fingerprint density at radius 2 is 1.35 bits per heavy atom. The van der Waals surface area contributed by atoms with Gasteiger partial charge in [-0.3, -0.25) is 9.80 Å². The Morgan fingerprint density at radius 3 is 1.89 bits per heavy atom. The molecule has 2 aromatic carbocycles. The zero-order valence-corrected chi connectivity index (χ0v) is 21.8. The van der Waals surface area contributed by atoms with Crippen LogP contribution >= 0.6 is 23.2 Å². The van der Waals surface area contributed by atoms with Crippen LogP contribution in [0, 0.1) is 0 Å². The van der Waals surface area contributed by atoms with Gasteiger partial charge >= 0.3 is 12.4 Å². The molecule has 1 heterocycles. The Bertz CT molecular complexity index is 1030. The van der Waals surface area contributed by atoms with E-state index in [-0.39, 0.29) is 24.1 Å². The molecule has 1 saturated carbocycles. The fourth-order valence-corrected chi connectivity index (χ4v) is 5.91. The molecule has 1 saturated heterocycles. The molecular formula is C27H30Cl2F6N2. The smallest absolute Gasteiger partial charge is 0.298 e. The third-order valence-corrected chi connectivity index (χ3v) is 8.30. The van der Waals surface area contributed by atoms with Crippen LogP contribution in [-0.4, -0.2) is 42.0 Å². The Kier molecular flexibility index (Phi) is 9.04. The fourth-order valence-electron chi connectivity index (χ4n) is 5.61. The van der Waals surface area contributed by atoms with Crippen LogP contribution in [0.3, 0.4) is 0 Å². The molecule has 2 aliphatic rings. The molecule has 10 heteroatoms. The first kappa shape index (κ1) is 28.5. The minimum Gasteiger partial charge on any atom is -0.298 e. The van der Waals surface area contributed by atoms with Crippen molar-refractivity contribution in [3.63, 3.8) is 0 Å². The maximum absolute atomic E-state index is 13.4. The fraction of sp³-hybridized carbons (Fsp3) is 0.556. The largest absolute Gasteiger partial charge is 0.416 e. The van der Waals surface area contributed by atoms with E-state index in [1.807, 2.05) is 6.07 Å². The number of piperazine rings is 1. The first-order valence-corrected chi connectivity index (χ1v) is 13.4.